The number of anilines is 1. The number of ether oxygens (including phenoxy) is 2. The molecule has 3 aromatic rings. The molecule has 0 bridgehead atoms. The quantitative estimate of drug-likeness (QED) is 0.261. The third-order valence-electron chi connectivity index (χ3n) is 4.47. The van der Waals surface area contributed by atoms with Crippen LogP contribution >= 0.6 is 0 Å². The Hall–Kier alpha value is -3.66. The van der Waals surface area contributed by atoms with Crippen LogP contribution in [0.4, 0.5) is 15.9 Å². The lowest BCUT2D eigenvalue weighted by Gasteiger charge is -2.13. The molecule has 30 heavy (non-hydrogen) atoms. The second-order valence-corrected chi connectivity index (χ2v) is 6.72. The fourth-order valence-electron chi connectivity index (χ4n) is 3.22. The van der Waals surface area contributed by atoms with Gasteiger partial charge in [-0.3, -0.25) is 0 Å². The summed E-state index contributed by atoms with van der Waals surface area (Å²) in [5, 5.41) is 12.6. The molecular formula is C20H21FN6O3. The van der Waals surface area contributed by atoms with Gasteiger partial charge in [0, 0.05) is 25.6 Å². The van der Waals surface area contributed by atoms with E-state index in [0.29, 0.717) is 53.3 Å². The molecule has 0 atom stereocenters. The summed E-state index contributed by atoms with van der Waals surface area (Å²) >= 11 is 0. The maximum absolute atomic E-state index is 14.2. The van der Waals surface area contributed by atoms with E-state index in [1.807, 2.05) is 18.2 Å². The number of benzene rings is 2. The first-order valence-corrected chi connectivity index (χ1v) is 9.36. The number of fused-ring (bicyclic) bond motifs is 2. The second-order valence-electron chi connectivity index (χ2n) is 6.72. The zero-order valence-electron chi connectivity index (χ0n) is 16.1. The molecule has 0 fully saturated rings. The van der Waals surface area contributed by atoms with Crippen LogP contribution in [0.3, 0.4) is 0 Å². The minimum absolute atomic E-state index is 0.0111. The SMILES string of the molecule is NC(N)=Nc1nc(Cc2ccc3c(c2)OCO3)nc2cc(F)cc(NCCCO)c12. The topological polar surface area (TPSA) is 141 Å². The van der Waals surface area contributed by atoms with E-state index in [0.717, 1.165) is 5.56 Å². The Bertz CT molecular complexity index is 1120. The highest BCUT2D eigenvalue weighted by atomic mass is 19.1. The van der Waals surface area contributed by atoms with E-state index in [1.54, 1.807) is 0 Å². The van der Waals surface area contributed by atoms with Crippen LogP contribution in [0.5, 0.6) is 11.5 Å². The summed E-state index contributed by atoms with van der Waals surface area (Å²) in [6.45, 7) is 0.637. The summed E-state index contributed by atoms with van der Waals surface area (Å²) in [6.07, 6.45) is 0.863. The predicted molar refractivity (Wildman–Crippen MR) is 111 cm³/mol. The van der Waals surface area contributed by atoms with E-state index in [2.05, 4.69) is 20.3 Å². The van der Waals surface area contributed by atoms with E-state index >= 15 is 0 Å². The van der Waals surface area contributed by atoms with Gasteiger partial charge in [0.1, 0.15) is 11.6 Å². The number of nitrogens with zero attached hydrogens (tertiary/aromatic N) is 3. The summed E-state index contributed by atoms with van der Waals surface area (Å²) in [4.78, 5) is 13.2. The van der Waals surface area contributed by atoms with E-state index < -0.39 is 5.82 Å². The molecule has 0 spiro atoms. The standard InChI is InChI=1S/C20H21FN6O3/c21-12-8-13(24-4-1-5-28)18-14(9-12)25-17(26-19(18)27-20(22)23)7-11-2-3-15-16(6-11)30-10-29-15/h2-3,6,8-9,24,28H,1,4-5,7,10H2,(H4,22,23,25,26,27). The van der Waals surface area contributed by atoms with E-state index in [1.165, 1.54) is 12.1 Å². The smallest absolute Gasteiger partial charge is 0.231 e. The Morgan fingerprint density at radius 3 is 2.80 bits per heavy atom. The second kappa shape index (κ2) is 8.37. The number of nitrogens with one attached hydrogen (secondary N) is 1. The number of aliphatic hydroxyl groups is 1. The monoisotopic (exact) mass is 412 g/mol. The molecule has 0 saturated carbocycles. The molecule has 0 amide bonds. The lowest BCUT2D eigenvalue weighted by Crippen LogP contribution is -2.22. The maximum atomic E-state index is 14.2. The van der Waals surface area contributed by atoms with Crippen LogP contribution in [0.2, 0.25) is 0 Å². The molecule has 0 saturated heterocycles. The van der Waals surface area contributed by atoms with Crippen LogP contribution < -0.4 is 26.3 Å². The molecule has 4 rings (SSSR count). The van der Waals surface area contributed by atoms with E-state index in [4.69, 9.17) is 26.0 Å². The molecule has 0 unspecified atom stereocenters. The Morgan fingerprint density at radius 1 is 1.17 bits per heavy atom. The number of guanidine groups is 1. The van der Waals surface area contributed by atoms with Gasteiger partial charge in [-0.05, 0) is 30.2 Å². The Morgan fingerprint density at radius 2 is 2.00 bits per heavy atom. The molecule has 9 nitrogen and oxygen atoms in total. The Labute approximate surface area is 171 Å². The van der Waals surface area contributed by atoms with Crippen molar-refractivity contribution in [3.05, 3.63) is 47.5 Å². The number of rotatable bonds is 7. The van der Waals surface area contributed by atoms with Crippen LogP contribution in [0.15, 0.2) is 35.3 Å². The van der Waals surface area contributed by atoms with E-state index in [9.17, 15) is 4.39 Å². The summed E-state index contributed by atoms with van der Waals surface area (Å²) in [7, 11) is 0. The fraction of sp³-hybridized carbons (Fsp3) is 0.250. The lowest BCUT2D eigenvalue weighted by atomic mass is 10.1. The third kappa shape index (κ3) is 4.18. The summed E-state index contributed by atoms with van der Waals surface area (Å²) in [5.74, 6) is 1.36. The molecule has 1 aliphatic rings. The minimum Gasteiger partial charge on any atom is -0.454 e. The molecular weight excluding hydrogens is 391 g/mol. The first kappa shape index (κ1) is 19.6. The van der Waals surface area contributed by atoms with Crippen LogP contribution in [0.25, 0.3) is 10.9 Å². The van der Waals surface area contributed by atoms with Gasteiger partial charge in [0.15, 0.2) is 23.3 Å². The first-order valence-electron chi connectivity index (χ1n) is 9.36. The zero-order chi connectivity index (χ0) is 21.1. The van der Waals surface area contributed by atoms with Crippen molar-refractivity contribution < 1.29 is 19.0 Å². The van der Waals surface area contributed by atoms with Crippen molar-refractivity contribution in [2.75, 3.05) is 25.3 Å². The van der Waals surface area contributed by atoms with Crippen LogP contribution in [0, 0.1) is 5.82 Å². The van der Waals surface area contributed by atoms with Gasteiger partial charge >= 0.3 is 0 Å². The van der Waals surface area contributed by atoms with Gasteiger partial charge in [0.25, 0.3) is 0 Å². The molecule has 2 aromatic carbocycles. The summed E-state index contributed by atoms with van der Waals surface area (Å²) in [6, 6.07) is 8.19. The molecule has 0 aliphatic carbocycles. The highest BCUT2D eigenvalue weighted by Crippen LogP contribution is 2.34. The van der Waals surface area contributed by atoms with Gasteiger partial charge in [-0.25, -0.2) is 14.4 Å². The normalized spacial score (nSPS) is 12.2. The maximum Gasteiger partial charge on any atom is 0.231 e. The highest BCUT2D eigenvalue weighted by Gasteiger charge is 2.17. The van der Waals surface area contributed by atoms with Crippen molar-refractivity contribution in [3.8, 4) is 11.5 Å². The number of aromatic nitrogens is 2. The molecule has 10 heteroatoms. The van der Waals surface area contributed by atoms with E-state index in [-0.39, 0.29) is 25.2 Å². The van der Waals surface area contributed by atoms with Crippen LogP contribution in [-0.2, 0) is 6.42 Å². The number of hydrogen-bond acceptors (Lipinski definition) is 7. The molecule has 156 valence electrons. The van der Waals surface area contributed by atoms with Gasteiger partial charge in [-0.2, -0.15) is 4.99 Å². The molecule has 2 heterocycles. The number of aliphatic imine (C=N–C) groups is 1. The molecule has 6 N–H and O–H groups in total. The molecule has 1 aromatic heterocycles. The molecule has 0 radical (unpaired) electrons. The minimum atomic E-state index is -0.461. The Kier molecular flexibility index (Phi) is 5.48. The first-order chi connectivity index (χ1) is 14.5. The van der Waals surface area contributed by atoms with Crippen molar-refractivity contribution >= 4 is 28.4 Å². The van der Waals surface area contributed by atoms with Crippen molar-refractivity contribution in [3.63, 3.8) is 0 Å². The average Bonchev–Trinajstić information content (AvgIpc) is 3.15. The van der Waals surface area contributed by atoms with Gasteiger partial charge < -0.3 is 31.4 Å². The Balaban J connectivity index is 1.77. The molecule has 1 aliphatic heterocycles. The predicted octanol–water partition coefficient (Wildman–Crippen LogP) is 1.79. The number of nitrogens with two attached hydrogens (primary N) is 2. The van der Waals surface area contributed by atoms with Crippen molar-refractivity contribution in [2.24, 2.45) is 16.5 Å². The van der Waals surface area contributed by atoms with Crippen molar-refractivity contribution in [1.82, 2.24) is 9.97 Å². The summed E-state index contributed by atoms with van der Waals surface area (Å²) < 4.78 is 25.0. The summed E-state index contributed by atoms with van der Waals surface area (Å²) in [5.41, 5.74) is 12.9. The highest BCUT2D eigenvalue weighted by molar-refractivity contribution is 6.00. The van der Waals surface area contributed by atoms with Crippen LogP contribution in [-0.4, -0.2) is 41.0 Å². The van der Waals surface area contributed by atoms with Crippen molar-refractivity contribution in [2.45, 2.75) is 12.8 Å². The van der Waals surface area contributed by atoms with Gasteiger partial charge in [-0.1, -0.05) is 6.07 Å². The number of hydrogen-bond donors (Lipinski definition) is 4. The zero-order valence-corrected chi connectivity index (χ0v) is 16.1. The van der Waals surface area contributed by atoms with Gasteiger partial charge in [-0.15, -0.1) is 0 Å². The average molecular weight is 412 g/mol. The van der Waals surface area contributed by atoms with Crippen molar-refractivity contribution in [1.29, 1.82) is 0 Å². The van der Waals surface area contributed by atoms with Gasteiger partial charge in [0.2, 0.25) is 6.79 Å². The third-order valence-corrected chi connectivity index (χ3v) is 4.47. The fourth-order valence-corrected chi connectivity index (χ4v) is 3.22. The van der Waals surface area contributed by atoms with Gasteiger partial charge in [0.05, 0.1) is 16.6 Å². The number of aliphatic hydroxyl groups excluding tert-OH is 1. The van der Waals surface area contributed by atoms with Crippen LogP contribution in [0.1, 0.15) is 17.8 Å². The largest absolute Gasteiger partial charge is 0.454 e. The lowest BCUT2D eigenvalue weighted by molar-refractivity contribution is 0.174. The number of halogens is 1.